The molecule has 3 aromatic rings. The van der Waals surface area contributed by atoms with Gasteiger partial charge in [0.15, 0.2) is 6.61 Å². The Bertz CT molecular complexity index is 912. The van der Waals surface area contributed by atoms with Crippen molar-refractivity contribution in [2.45, 2.75) is 6.18 Å². The predicted octanol–water partition coefficient (Wildman–Crippen LogP) is 4.91. The van der Waals surface area contributed by atoms with Gasteiger partial charge in [0.1, 0.15) is 11.5 Å². The number of nitrogens with one attached hydrogen (secondary N) is 1. The highest BCUT2D eigenvalue weighted by molar-refractivity contribution is 5.91. The number of hydrogen-bond donors (Lipinski definition) is 1. The van der Waals surface area contributed by atoms with Gasteiger partial charge in [-0.2, -0.15) is 13.2 Å². The van der Waals surface area contributed by atoms with Gasteiger partial charge in [0, 0.05) is 18.0 Å². The molecule has 0 spiro atoms. The summed E-state index contributed by atoms with van der Waals surface area (Å²) in [6, 6.07) is 16.1. The minimum atomic E-state index is -4.42. The lowest BCUT2D eigenvalue weighted by Crippen LogP contribution is -2.20. The molecule has 0 aliphatic carbocycles. The molecule has 0 aliphatic heterocycles. The lowest BCUT2D eigenvalue weighted by atomic mass is 10.2. The van der Waals surface area contributed by atoms with E-state index >= 15 is 0 Å². The minimum Gasteiger partial charge on any atom is -0.484 e. The van der Waals surface area contributed by atoms with Crippen LogP contribution in [0.3, 0.4) is 0 Å². The van der Waals surface area contributed by atoms with Crippen LogP contribution >= 0.6 is 0 Å². The second-order valence-electron chi connectivity index (χ2n) is 5.65. The molecule has 0 aliphatic rings. The number of pyridine rings is 1. The number of ether oxygens (including phenoxy) is 2. The van der Waals surface area contributed by atoms with Crippen molar-refractivity contribution in [3.05, 3.63) is 78.5 Å². The van der Waals surface area contributed by atoms with Gasteiger partial charge in [-0.1, -0.05) is 6.07 Å². The highest BCUT2D eigenvalue weighted by atomic mass is 19.4. The molecule has 5 nitrogen and oxygen atoms in total. The molecule has 0 saturated carbocycles. The summed E-state index contributed by atoms with van der Waals surface area (Å²) in [7, 11) is 0. The van der Waals surface area contributed by atoms with E-state index in [1.807, 2.05) is 0 Å². The predicted molar refractivity (Wildman–Crippen MR) is 96.3 cm³/mol. The number of carbonyl (C=O) groups is 1. The van der Waals surface area contributed by atoms with Crippen LogP contribution < -0.4 is 14.8 Å². The SMILES string of the molecule is O=C(COc1ccc(Oc2ccccn2)cc1)Nc1ccc(C(F)(F)F)cc1. The molecule has 1 N–H and O–H groups in total. The molecule has 0 fully saturated rings. The van der Waals surface area contributed by atoms with E-state index in [1.54, 1.807) is 48.7 Å². The Morgan fingerprint density at radius 3 is 2.21 bits per heavy atom. The van der Waals surface area contributed by atoms with Gasteiger partial charge in [0.05, 0.1) is 5.56 Å². The number of carbonyl (C=O) groups excluding carboxylic acids is 1. The molecule has 8 heteroatoms. The first-order valence-electron chi connectivity index (χ1n) is 8.19. The zero-order valence-electron chi connectivity index (χ0n) is 14.4. The molecule has 0 bridgehead atoms. The largest absolute Gasteiger partial charge is 0.484 e. The second kappa shape index (κ2) is 8.43. The van der Waals surface area contributed by atoms with Crippen LogP contribution in [-0.2, 0) is 11.0 Å². The van der Waals surface area contributed by atoms with Crippen molar-refractivity contribution in [3.63, 3.8) is 0 Å². The van der Waals surface area contributed by atoms with Crippen LogP contribution in [0.2, 0.25) is 0 Å². The van der Waals surface area contributed by atoms with Crippen LogP contribution in [0.5, 0.6) is 17.4 Å². The number of nitrogens with zero attached hydrogens (tertiary/aromatic N) is 1. The van der Waals surface area contributed by atoms with Crippen LogP contribution in [0.4, 0.5) is 18.9 Å². The molecule has 144 valence electrons. The van der Waals surface area contributed by atoms with Crippen molar-refractivity contribution in [2.24, 2.45) is 0 Å². The molecule has 0 atom stereocenters. The van der Waals surface area contributed by atoms with E-state index in [9.17, 15) is 18.0 Å². The van der Waals surface area contributed by atoms with Gasteiger partial charge in [-0.3, -0.25) is 4.79 Å². The Hall–Kier alpha value is -3.55. The normalized spacial score (nSPS) is 11.0. The van der Waals surface area contributed by atoms with Crippen molar-refractivity contribution < 1.29 is 27.4 Å². The molecule has 1 heterocycles. The lowest BCUT2D eigenvalue weighted by molar-refractivity contribution is -0.137. The Morgan fingerprint density at radius 1 is 0.929 bits per heavy atom. The number of amides is 1. The molecule has 1 aromatic heterocycles. The second-order valence-corrected chi connectivity index (χ2v) is 5.65. The molecular formula is C20H15F3N2O3. The first-order valence-corrected chi connectivity index (χ1v) is 8.19. The molecular weight excluding hydrogens is 373 g/mol. The summed E-state index contributed by atoms with van der Waals surface area (Å²) in [4.78, 5) is 15.9. The zero-order chi connectivity index (χ0) is 20.0. The van der Waals surface area contributed by atoms with Crippen LogP contribution in [-0.4, -0.2) is 17.5 Å². The van der Waals surface area contributed by atoms with Crippen LogP contribution in [0.1, 0.15) is 5.56 Å². The molecule has 2 aromatic carbocycles. The standard InChI is InChI=1S/C20H15F3N2O3/c21-20(22,23)14-4-6-15(7-5-14)25-18(26)13-27-16-8-10-17(11-9-16)28-19-3-1-2-12-24-19/h1-12H,13H2,(H,25,26). The number of benzene rings is 2. The third kappa shape index (κ3) is 5.47. The molecule has 28 heavy (non-hydrogen) atoms. The maximum atomic E-state index is 12.5. The zero-order valence-corrected chi connectivity index (χ0v) is 14.4. The summed E-state index contributed by atoms with van der Waals surface area (Å²) in [6.07, 6.45) is -2.81. The van der Waals surface area contributed by atoms with Gasteiger partial charge in [0.25, 0.3) is 5.91 Å². The van der Waals surface area contributed by atoms with E-state index in [-0.39, 0.29) is 12.3 Å². The monoisotopic (exact) mass is 388 g/mol. The Kier molecular flexibility index (Phi) is 5.78. The number of aromatic nitrogens is 1. The van der Waals surface area contributed by atoms with Gasteiger partial charge in [-0.25, -0.2) is 4.98 Å². The molecule has 3 rings (SSSR count). The Labute approximate surface area is 158 Å². The highest BCUT2D eigenvalue weighted by Gasteiger charge is 2.29. The quantitative estimate of drug-likeness (QED) is 0.652. The van der Waals surface area contributed by atoms with E-state index in [2.05, 4.69) is 10.3 Å². The van der Waals surface area contributed by atoms with E-state index in [0.29, 0.717) is 17.4 Å². The smallest absolute Gasteiger partial charge is 0.416 e. The first kappa shape index (κ1) is 19.2. The first-order chi connectivity index (χ1) is 13.4. The van der Waals surface area contributed by atoms with Crippen molar-refractivity contribution in [3.8, 4) is 17.4 Å². The number of hydrogen-bond acceptors (Lipinski definition) is 4. The van der Waals surface area contributed by atoms with Crippen LogP contribution in [0.15, 0.2) is 72.9 Å². The van der Waals surface area contributed by atoms with E-state index in [4.69, 9.17) is 9.47 Å². The minimum absolute atomic E-state index is 0.251. The van der Waals surface area contributed by atoms with Gasteiger partial charge in [-0.15, -0.1) is 0 Å². The third-order valence-corrected chi connectivity index (χ3v) is 3.55. The molecule has 1 amide bonds. The Balaban J connectivity index is 1.49. The number of anilines is 1. The Morgan fingerprint density at radius 2 is 1.61 bits per heavy atom. The maximum absolute atomic E-state index is 12.5. The van der Waals surface area contributed by atoms with E-state index in [1.165, 1.54) is 12.1 Å². The fourth-order valence-corrected chi connectivity index (χ4v) is 2.22. The third-order valence-electron chi connectivity index (χ3n) is 3.55. The van der Waals surface area contributed by atoms with Gasteiger partial charge >= 0.3 is 6.18 Å². The number of rotatable bonds is 6. The molecule has 0 saturated heterocycles. The number of halogens is 3. The highest BCUT2D eigenvalue weighted by Crippen LogP contribution is 2.29. The van der Waals surface area contributed by atoms with Gasteiger partial charge in [-0.05, 0) is 54.6 Å². The summed E-state index contributed by atoms with van der Waals surface area (Å²) in [5.74, 6) is 0.955. The lowest BCUT2D eigenvalue weighted by Gasteiger charge is -2.10. The summed E-state index contributed by atoms with van der Waals surface area (Å²) >= 11 is 0. The summed E-state index contributed by atoms with van der Waals surface area (Å²) in [5, 5.41) is 2.47. The van der Waals surface area contributed by atoms with Crippen LogP contribution in [0, 0.1) is 0 Å². The van der Waals surface area contributed by atoms with E-state index < -0.39 is 17.6 Å². The average molecular weight is 388 g/mol. The fourth-order valence-electron chi connectivity index (χ4n) is 2.22. The van der Waals surface area contributed by atoms with Crippen molar-refractivity contribution >= 4 is 11.6 Å². The number of alkyl halides is 3. The fraction of sp³-hybridized carbons (Fsp3) is 0.100. The average Bonchev–Trinajstić information content (AvgIpc) is 2.68. The summed E-state index contributed by atoms with van der Waals surface area (Å²) < 4.78 is 48.5. The van der Waals surface area contributed by atoms with Gasteiger partial charge < -0.3 is 14.8 Å². The van der Waals surface area contributed by atoms with Crippen molar-refractivity contribution in [1.82, 2.24) is 4.98 Å². The summed E-state index contributed by atoms with van der Waals surface area (Å²) in [5.41, 5.74) is -0.532. The topological polar surface area (TPSA) is 60.5 Å². The van der Waals surface area contributed by atoms with Crippen molar-refractivity contribution in [2.75, 3.05) is 11.9 Å². The molecule has 0 unspecified atom stereocenters. The van der Waals surface area contributed by atoms with Crippen molar-refractivity contribution in [1.29, 1.82) is 0 Å². The maximum Gasteiger partial charge on any atom is 0.416 e. The summed E-state index contributed by atoms with van der Waals surface area (Å²) in [6.45, 7) is -0.290. The molecule has 0 radical (unpaired) electrons. The van der Waals surface area contributed by atoms with Crippen LogP contribution in [0.25, 0.3) is 0 Å². The van der Waals surface area contributed by atoms with Gasteiger partial charge in [0.2, 0.25) is 5.88 Å². The van der Waals surface area contributed by atoms with E-state index in [0.717, 1.165) is 12.1 Å².